The molecule has 5 rings (SSSR count). The van der Waals surface area contributed by atoms with Crippen molar-refractivity contribution in [3.05, 3.63) is 62.8 Å². The van der Waals surface area contributed by atoms with Crippen LogP contribution in [-0.4, -0.2) is 44.9 Å². The number of rotatable bonds is 8. The third-order valence-corrected chi connectivity index (χ3v) is 8.57. The van der Waals surface area contributed by atoms with Crippen LogP contribution in [0.2, 0.25) is 0 Å². The Morgan fingerprint density at radius 1 is 1.31 bits per heavy atom. The number of aryl methyl sites for hydroxylation is 1. The van der Waals surface area contributed by atoms with Gasteiger partial charge in [-0.1, -0.05) is 55.2 Å². The van der Waals surface area contributed by atoms with Crippen molar-refractivity contribution < 1.29 is 14.3 Å². The number of aromatic nitrogens is 1. The summed E-state index contributed by atoms with van der Waals surface area (Å²) in [6.45, 7) is 4.10. The minimum atomic E-state index is -0.0725. The molecule has 2 aromatic heterocycles. The van der Waals surface area contributed by atoms with E-state index in [0.29, 0.717) is 22.3 Å². The summed E-state index contributed by atoms with van der Waals surface area (Å²) in [5.41, 5.74) is 3.11. The predicted octanol–water partition coefficient (Wildman–Crippen LogP) is 4.96. The van der Waals surface area contributed by atoms with Crippen LogP contribution in [0.15, 0.2) is 46.8 Å². The molecule has 4 heterocycles. The van der Waals surface area contributed by atoms with Gasteiger partial charge < -0.3 is 14.6 Å². The van der Waals surface area contributed by atoms with Crippen LogP contribution in [0.25, 0.3) is 17.0 Å². The third-order valence-electron chi connectivity index (χ3n) is 6.32. The number of nitrogens with zero attached hydrogens (tertiary/aromatic N) is 2. The Bertz CT molecular complexity index is 1290. The highest BCUT2D eigenvalue weighted by Crippen LogP contribution is 2.35. The molecule has 2 fully saturated rings. The molecule has 2 aliphatic heterocycles. The molecule has 182 valence electrons. The Hall–Kier alpha value is -2.46. The number of hydrogen-bond donors (Lipinski definition) is 1. The molecule has 0 unspecified atom stereocenters. The zero-order valence-electron chi connectivity index (χ0n) is 19.5. The topological polar surface area (TPSA) is 63.6 Å². The van der Waals surface area contributed by atoms with E-state index >= 15 is 0 Å². The molecule has 0 radical (unpaired) electrons. The van der Waals surface area contributed by atoms with Crippen LogP contribution in [0.5, 0.6) is 0 Å². The molecule has 0 aliphatic carbocycles. The second-order valence-electron chi connectivity index (χ2n) is 8.66. The lowest BCUT2D eigenvalue weighted by Crippen LogP contribution is -2.35. The number of carbonyl (C=O) groups excluding carboxylic acids is 2. The number of fused-ring (bicyclic) bond motifs is 1. The lowest BCUT2D eigenvalue weighted by Gasteiger charge is -2.18. The van der Waals surface area contributed by atoms with Crippen LogP contribution in [0, 0.1) is 0 Å². The Balaban J connectivity index is 1.41. The van der Waals surface area contributed by atoms with Gasteiger partial charge in [0.25, 0.3) is 5.91 Å². The number of thiocarbonyl (C=S) groups is 1. The van der Waals surface area contributed by atoms with Gasteiger partial charge in [0.2, 0.25) is 5.91 Å². The van der Waals surface area contributed by atoms with Crippen molar-refractivity contribution in [2.75, 3.05) is 13.2 Å². The molecular formula is C26H27N3O3S3. The first-order chi connectivity index (χ1) is 17.0. The minimum absolute atomic E-state index is 0.0457. The first-order valence-corrected chi connectivity index (χ1v) is 13.9. The van der Waals surface area contributed by atoms with Gasteiger partial charge in [0, 0.05) is 28.6 Å². The van der Waals surface area contributed by atoms with Crippen LogP contribution in [0.4, 0.5) is 0 Å². The highest BCUT2D eigenvalue weighted by atomic mass is 32.2. The lowest BCUT2D eigenvalue weighted by atomic mass is 10.1. The molecule has 2 saturated heterocycles. The number of benzene rings is 1. The average molecular weight is 526 g/mol. The molecule has 35 heavy (non-hydrogen) atoms. The van der Waals surface area contributed by atoms with Crippen molar-refractivity contribution in [1.29, 1.82) is 0 Å². The maximum Gasteiger partial charge on any atom is 0.266 e. The second kappa shape index (κ2) is 10.7. The number of carbonyl (C=O) groups is 2. The largest absolute Gasteiger partial charge is 0.376 e. The van der Waals surface area contributed by atoms with Gasteiger partial charge in [-0.25, -0.2) is 0 Å². The van der Waals surface area contributed by atoms with Gasteiger partial charge in [-0.15, -0.1) is 11.3 Å². The van der Waals surface area contributed by atoms with E-state index < -0.39 is 0 Å². The summed E-state index contributed by atoms with van der Waals surface area (Å²) in [6, 6.07) is 10.2. The monoisotopic (exact) mass is 525 g/mol. The van der Waals surface area contributed by atoms with E-state index in [-0.39, 0.29) is 24.5 Å². The summed E-state index contributed by atoms with van der Waals surface area (Å²) in [7, 11) is 0. The van der Waals surface area contributed by atoms with Gasteiger partial charge in [-0.05, 0) is 42.3 Å². The van der Waals surface area contributed by atoms with Crippen molar-refractivity contribution >= 4 is 68.4 Å². The number of thioether (sulfide) groups is 1. The van der Waals surface area contributed by atoms with Gasteiger partial charge >= 0.3 is 0 Å². The standard InChI is InChI=1S/C26H27N3O3S3/c1-2-17-6-3-9-21-18(12-22-25(31)29(26(33)35-22)15-19-7-4-10-32-19)14-28(24(17)21)16-23(30)27-13-20-8-5-11-34-20/h3,5-6,8-9,11-12,14,19H,2,4,7,10,13,15-16H2,1H3,(H,27,30)/b22-12-/t19-/m1/s1. The number of thiophene rings is 1. The fraction of sp³-hybridized carbons (Fsp3) is 0.346. The van der Waals surface area contributed by atoms with Crippen LogP contribution in [0.3, 0.4) is 0 Å². The van der Waals surface area contributed by atoms with Crippen molar-refractivity contribution in [1.82, 2.24) is 14.8 Å². The summed E-state index contributed by atoms with van der Waals surface area (Å²) in [6.07, 6.45) is 6.77. The van der Waals surface area contributed by atoms with Crippen LogP contribution in [0.1, 0.15) is 35.8 Å². The van der Waals surface area contributed by atoms with Crippen molar-refractivity contribution in [3.8, 4) is 0 Å². The van der Waals surface area contributed by atoms with Gasteiger partial charge in [-0.3, -0.25) is 14.5 Å². The second-order valence-corrected chi connectivity index (χ2v) is 11.4. The molecule has 1 N–H and O–H groups in total. The number of hydrogen-bond acceptors (Lipinski definition) is 6. The molecular weight excluding hydrogens is 499 g/mol. The number of para-hydroxylation sites is 1. The summed E-state index contributed by atoms with van der Waals surface area (Å²) >= 11 is 8.48. The van der Waals surface area contributed by atoms with E-state index in [1.54, 1.807) is 16.2 Å². The highest BCUT2D eigenvalue weighted by Gasteiger charge is 2.34. The SMILES string of the molecule is CCc1cccc2c(/C=C3\SC(=S)N(C[C@H]4CCCO4)C3=O)cn(CC(=O)NCc3cccs3)c12. The van der Waals surface area contributed by atoms with E-state index in [9.17, 15) is 9.59 Å². The smallest absolute Gasteiger partial charge is 0.266 e. The summed E-state index contributed by atoms with van der Waals surface area (Å²) < 4.78 is 8.28. The molecule has 3 aromatic rings. The van der Waals surface area contributed by atoms with Gasteiger partial charge in [0.05, 0.1) is 29.6 Å². The molecule has 2 aliphatic rings. The summed E-state index contributed by atoms with van der Waals surface area (Å²) in [4.78, 5) is 29.3. The van der Waals surface area contributed by atoms with E-state index in [1.165, 1.54) is 17.3 Å². The zero-order chi connectivity index (χ0) is 24.4. The van der Waals surface area contributed by atoms with Crippen LogP contribution >= 0.6 is 35.3 Å². The van der Waals surface area contributed by atoms with E-state index in [1.807, 2.05) is 46.5 Å². The summed E-state index contributed by atoms with van der Waals surface area (Å²) in [5.74, 6) is -0.118. The maximum absolute atomic E-state index is 13.2. The quantitative estimate of drug-likeness (QED) is 0.333. The molecule has 0 bridgehead atoms. The number of nitrogens with one attached hydrogen (secondary N) is 1. The summed E-state index contributed by atoms with van der Waals surface area (Å²) in [5, 5.41) is 6.04. The normalized spacial score (nSPS) is 19.4. The Morgan fingerprint density at radius 3 is 2.94 bits per heavy atom. The molecule has 2 amide bonds. The number of amides is 2. The zero-order valence-corrected chi connectivity index (χ0v) is 21.9. The Labute approximate surface area is 218 Å². The van der Waals surface area contributed by atoms with Crippen molar-refractivity contribution in [3.63, 3.8) is 0 Å². The van der Waals surface area contributed by atoms with Gasteiger partial charge in [0.15, 0.2) is 0 Å². The highest BCUT2D eigenvalue weighted by molar-refractivity contribution is 8.26. The van der Waals surface area contributed by atoms with Gasteiger partial charge in [-0.2, -0.15) is 0 Å². The molecule has 1 aromatic carbocycles. The fourth-order valence-electron chi connectivity index (χ4n) is 4.59. The molecule has 6 nitrogen and oxygen atoms in total. The molecule has 0 spiro atoms. The maximum atomic E-state index is 13.2. The van der Waals surface area contributed by atoms with E-state index in [4.69, 9.17) is 17.0 Å². The Kier molecular flexibility index (Phi) is 7.38. The molecule has 0 saturated carbocycles. The first kappa shape index (κ1) is 24.2. The molecule has 1 atom stereocenters. The van der Waals surface area contributed by atoms with Crippen LogP contribution < -0.4 is 5.32 Å². The average Bonchev–Trinajstić information content (AvgIpc) is 3.65. The fourth-order valence-corrected chi connectivity index (χ4v) is 6.50. The van der Waals surface area contributed by atoms with E-state index in [0.717, 1.165) is 47.2 Å². The van der Waals surface area contributed by atoms with E-state index in [2.05, 4.69) is 18.3 Å². The van der Waals surface area contributed by atoms with Crippen LogP contribution in [-0.2, 0) is 33.8 Å². The minimum Gasteiger partial charge on any atom is -0.376 e. The number of ether oxygens (including phenoxy) is 1. The molecule has 9 heteroatoms. The predicted molar refractivity (Wildman–Crippen MR) is 146 cm³/mol. The third kappa shape index (κ3) is 5.23. The van der Waals surface area contributed by atoms with Gasteiger partial charge in [0.1, 0.15) is 10.9 Å². The Morgan fingerprint density at radius 2 is 2.20 bits per heavy atom. The van der Waals surface area contributed by atoms with Crippen molar-refractivity contribution in [2.24, 2.45) is 0 Å². The first-order valence-electron chi connectivity index (χ1n) is 11.8. The van der Waals surface area contributed by atoms with Crippen molar-refractivity contribution in [2.45, 2.75) is 45.4 Å². The lowest BCUT2D eigenvalue weighted by molar-refractivity contribution is -0.123.